The number of benzene rings is 1. The lowest BCUT2D eigenvalue weighted by Crippen LogP contribution is -2.38. The molecule has 1 aromatic carbocycles. The van der Waals surface area contributed by atoms with Gasteiger partial charge >= 0.3 is 0 Å². The minimum atomic E-state index is 0.764. The minimum absolute atomic E-state index is 0.764. The molecule has 142 valence electrons. The van der Waals surface area contributed by atoms with Gasteiger partial charge in [0.2, 0.25) is 0 Å². The van der Waals surface area contributed by atoms with E-state index in [1.54, 1.807) is 11.3 Å². The summed E-state index contributed by atoms with van der Waals surface area (Å²) < 4.78 is 5.34. The Kier molecular flexibility index (Phi) is 9.14. The van der Waals surface area contributed by atoms with Crippen LogP contribution in [-0.4, -0.2) is 43.8 Å². The van der Waals surface area contributed by atoms with Gasteiger partial charge in [0.05, 0.1) is 5.69 Å². The maximum Gasteiger partial charge on any atom is 0.191 e. The second kappa shape index (κ2) is 11.6. The van der Waals surface area contributed by atoms with Crippen molar-refractivity contribution in [1.29, 1.82) is 0 Å². The molecule has 1 heterocycles. The highest BCUT2D eigenvalue weighted by Gasteiger charge is 2.05. The van der Waals surface area contributed by atoms with Gasteiger partial charge in [-0.25, -0.2) is 4.98 Å². The minimum Gasteiger partial charge on any atom is -0.382 e. The average Bonchev–Trinajstić information content (AvgIpc) is 3.11. The number of aromatic nitrogens is 1. The van der Waals surface area contributed by atoms with Gasteiger partial charge in [0.1, 0.15) is 5.01 Å². The van der Waals surface area contributed by atoms with Crippen molar-refractivity contribution in [3.63, 3.8) is 0 Å². The van der Waals surface area contributed by atoms with Gasteiger partial charge in [0, 0.05) is 50.2 Å². The van der Waals surface area contributed by atoms with Crippen LogP contribution in [0, 0.1) is 6.92 Å². The van der Waals surface area contributed by atoms with E-state index in [-0.39, 0.29) is 0 Å². The zero-order valence-corrected chi connectivity index (χ0v) is 16.9. The molecule has 2 aromatic rings. The fourth-order valence-corrected chi connectivity index (χ4v) is 3.26. The molecule has 0 radical (unpaired) electrons. The Morgan fingerprint density at radius 2 is 2.00 bits per heavy atom. The second-order valence-electron chi connectivity index (χ2n) is 6.00. The zero-order chi connectivity index (χ0) is 18.6. The summed E-state index contributed by atoms with van der Waals surface area (Å²) in [6.45, 7) is 10.1. The average molecular weight is 375 g/mol. The quantitative estimate of drug-likeness (QED) is 0.379. The lowest BCUT2D eigenvalue weighted by Gasteiger charge is -2.10. The molecule has 0 aliphatic carbocycles. The van der Waals surface area contributed by atoms with Crippen molar-refractivity contribution in [2.45, 2.75) is 33.6 Å². The first kappa shape index (κ1) is 20.4. The molecule has 2 N–H and O–H groups in total. The largest absolute Gasteiger partial charge is 0.382 e. The molecule has 0 aliphatic rings. The van der Waals surface area contributed by atoms with Crippen molar-refractivity contribution in [2.75, 3.05) is 32.8 Å². The predicted molar refractivity (Wildman–Crippen MR) is 111 cm³/mol. The van der Waals surface area contributed by atoms with Crippen LogP contribution >= 0.6 is 11.3 Å². The van der Waals surface area contributed by atoms with Gasteiger partial charge in [-0.1, -0.05) is 29.8 Å². The monoisotopic (exact) mass is 374 g/mol. The molecule has 0 aliphatic heterocycles. The van der Waals surface area contributed by atoms with Gasteiger partial charge in [0.25, 0.3) is 0 Å². The Balaban J connectivity index is 1.79. The number of ether oxygens (including phenoxy) is 1. The van der Waals surface area contributed by atoms with Gasteiger partial charge in [-0.3, -0.25) is 4.99 Å². The Bertz CT molecular complexity index is 667. The van der Waals surface area contributed by atoms with Crippen LogP contribution in [0.25, 0.3) is 10.6 Å². The Morgan fingerprint density at radius 3 is 2.73 bits per heavy atom. The Labute approximate surface area is 160 Å². The summed E-state index contributed by atoms with van der Waals surface area (Å²) in [6.07, 6.45) is 1.82. The van der Waals surface area contributed by atoms with Crippen LogP contribution in [0.1, 0.15) is 31.5 Å². The predicted octanol–water partition coefficient (Wildman–Crippen LogP) is 3.64. The van der Waals surface area contributed by atoms with Gasteiger partial charge in [-0.05, 0) is 27.2 Å². The number of hydrogen-bond donors (Lipinski definition) is 2. The fourth-order valence-electron chi connectivity index (χ4n) is 2.40. The van der Waals surface area contributed by atoms with Crippen molar-refractivity contribution >= 4 is 17.3 Å². The van der Waals surface area contributed by atoms with Crippen molar-refractivity contribution in [1.82, 2.24) is 15.6 Å². The number of aliphatic imine (C=N–C) groups is 1. The third-order valence-electron chi connectivity index (χ3n) is 3.79. The van der Waals surface area contributed by atoms with E-state index < -0.39 is 0 Å². The van der Waals surface area contributed by atoms with Crippen LogP contribution in [0.2, 0.25) is 0 Å². The second-order valence-corrected chi connectivity index (χ2v) is 6.86. The molecule has 1 aromatic heterocycles. The normalized spacial score (nSPS) is 11.6. The van der Waals surface area contributed by atoms with E-state index >= 15 is 0 Å². The summed E-state index contributed by atoms with van der Waals surface area (Å²) in [7, 11) is 0. The van der Waals surface area contributed by atoms with E-state index in [1.807, 2.05) is 6.92 Å². The SMILES string of the molecule is CCNC(=NCCCOCC)NCCc1csc(-c2ccc(C)cc2)n1. The maximum absolute atomic E-state index is 5.34. The van der Waals surface area contributed by atoms with Crippen LogP contribution in [-0.2, 0) is 11.2 Å². The van der Waals surface area contributed by atoms with E-state index in [4.69, 9.17) is 9.72 Å². The van der Waals surface area contributed by atoms with Gasteiger partial charge in [-0.15, -0.1) is 11.3 Å². The molecule has 0 bridgehead atoms. The van der Waals surface area contributed by atoms with Crippen LogP contribution in [0.5, 0.6) is 0 Å². The van der Waals surface area contributed by atoms with Crippen LogP contribution in [0.15, 0.2) is 34.6 Å². The topological polar surface area (TPSA) is 58.5 Å². The molecule has 0 amide bonds. The van der Waals surface area contributed by atoms with Crippen molar-refractivity contribution in [2.24, 2.45) is 4.99 Å². The molecular formula is C20H30N4OS. The van der Waals surface area contributed by atoms with Gasteiger partial charge in [0.15, 0.2) is 5.96 Å². The molecule has 2 rings (SSSR count). The maximum atomic E-state index is 5.34. The highest BCUT2D eigenvalue weighted by molar-refractivity contribution is 7.13. The summed E-state index contributed by atoms with van der Waals surface area (Å²) in [5, 5.41) is 9.88. The van der Waals surface area contributed by atoms with Crippen molar-refractivity contribution in [3.8, 4) is 10.6 Å². The van der Waals surface area contributed by atoms with Gasteiger partial charge < -0.3 is 15.4 Å². The smallest absolute Gasteiger partial charge is 0.191 e. The van der Waals surface area contributed by atoms with Crippen molar-refractivity contribution < 1.29 is 4.74 Å². The summed E-state index contributed by atoms with van der Waals surface area (Å²) in [6, 6.07) is 8.52. The molecule has 6 heteroatoms. The number of rotatable bonds is 10. The molecule has 0 unspecified atom stereocenters. The van der Waals surface area contributed by atoms with Crippen LogP contribution in [0.3, 0.4) is 0 Å². The molecule has 26 heavy (non-hydrogen) atoms. The molecule has 0 saturated carbocycles. The Morgan fingerprint density at radius 1 is 1.19 bits per heavy atom. The van der Waals surface area contributed by atoms with E-state index in [0.717, 1.165) is 62.4 Å². The lowest BCUT2D eigenvalue weighted by atomic mass is 10.2. The zero-order valence-electron chi connectivity index (χ0n) is 16.0. The Hall–Kier alpha value is -1.92. The van der Waals surface area contributed by atoms with E-state index in [0.29, 0.717) is 0 Å². The lowest BCUT2D eigenvalue weighted by molar-refractivity contribution is 0.146. The standard InChI is InChI=1S/C20H30N4OS/c1-4-21-20(22-12-6-14-25-5-2)23-13-11-18-15-26-19(24-18)17-9-7-16(3)8-10-17/h7-10,15H,4-6,11-14H2,1-3H3,(H2,21,22,23). The third-order valence-corrected chi connectivity index (χ3v) is 4.73. The van der Waals surface area contributed by atoms with Crippen LogP contribution in [0.4, 0.5) is 0 Å². The summed E-state index contributed by atoms with van der Waals surface area (Å²) >= 11 is 1.70. The number of thiazole rings is 1. The summed E-state index contributed by atoms with van der Waals surface area (Å²) in [4.78, 5) is 9.32. The van der Waals surface area contributed by atoms with Crippen molar-refractivity contribution in [3.05, 3.63) is 40.9 Å². The molecule has 0 fully saturated rings. The van der Waals surface area contributed by atoms with E-state index in [2.05, 4.69) is 59.1 Å². The number of aryl methyl sites for hydroxylation is 1. The number of hydrogen-bond acceptors (Lipinski definition) is 4. The van der Waals surface area contributed by atoms with E-state index in [1.165, 1.54) is 11.1 Å². The highest BCUT2D eigenvalue weighted by Crippen LogP contribution is 2.24. The molecule has 0 atom stereocenters. The highest BCUT2D eigenvalue weighted by atomic mass is 32.1. The van der Waals surface area contributed by atoms with Gasteiger partial charge in [-0.2, -0.15) is 0 Å². The van der Waals surface area contributed by atoms with E-state index in [9.17, 15) is 0 Å². The number of nitrogens with zero attached hydrogens (tertiary/aromatic N) is 2. The van der Waals surface area contributed by atoms with Crippen LogP contribution < -0.4 is 10.6 Å². The third kappa shape index (κ3) is 7.14. The molecule has 5 nitrogen and oxygen atoms in total. The summed E-state index contributed by atoms with van der Waals surface area (Å²) in [5.41, 5.74) is 3.57. The molecule has 0 saturated heterocycles. The first-order chi connectivity index (χ1) is 12.7. The fraction of sp³-hybridized carbons (Fsp3) is 0.500. The first-order valence-corrected chi connectivity index (χ1v) is 10.2. The molecular weight excluding hydrogens is 344 g/mol. The first-order valence-electron chi connectivity index (χ1n) is 9.34. The number of nitrogens with one attached hydrogen (secondary N) is 2. The summed E-state index contributed by atoms with van der Waals surface area (Å²) in [5.74, 6) is 0.859. The number of guanidine groups is 1. The molecule has 0 spiro atoms.